The van der Waals surface area contributed by atoms with Gasteiger partial charge < -0.3 is 14.8 Å². The monoisotopic (exact) mass is 279 g/mol. The van der Waals surface area contributed by atoms with Gasteiger partial charge in [0.15, 0.2) is 11.5 Å². The van der Waals surface area contributed by atoms with Crippen molar-refractivity contribution in [2.24, 2.45) is 5.92 Å². The third-order valence-electron chi connectivity index (χ3n) is 3.52. The maximum Gasteiger partial charge on any atom is 0.161 e. The van der Waals surface area contributed by atoms with E-state index in [2.05, 4.69) is 32.2 Å². The normalized spacial score (nSPS) is 12.5. The van der Waals surface area contributed by atoms with Crippen LogP contribution in [0.4, 0.5) is 0 Å². The van der Waals surface area contributed by atoms with Crippen molar-refractivity contribution in [3.8, 4) is 11.5 Å². The molecule has 1 rings (SSSR count). The minimum Gasteiger partial charge on any atom is -0.493 e. The Hall–Kier alpha value is -1.22. The van der Waals surface area contributed by atoms with Crippen molar-refractivity contribution in [1.82, 2.24) is 5.32 Å². The highest BCUT2D eigenvalue weighted by molar-refractivity contribution is 5.42. The van der Waals surface area contributed by atoms with Crippen molar-refractivity contribution in [2.45, 2.75) is 52.6 Å². The van der Waals surface area contributed by atoms with Gasteiger partial charge in [0, 0.05) is 12.6 Å². The van der Waals surface area contributed by atoms with E-state index < -0.39 is 0 Å². The van der Waals surface area contributed by atoms with Gasteiger partial charge >= 0.3 is 0 Å². The summed E-state index contributed by atoms with van der Waals surface area (Å²) in [4.78, 5) is 0. The molecule has 1 N–H and O–H groups in total. The number of methoxy groups -OCH3 is 2. The first-order valence-electron chi connectivity index (χ1n) is 7.51. The summed E-state index contributed by atoms with van der Waals surface area (Å²) in [6.07, 6.45) is 3.83. The molecule has 0 bridgehead atoms. The zero-order valence-corrected chi connectivity index (χ0v) is 13.5. The first-order chi connectivity index (χ1) is 9.56. The van der Waals surface area contributed by atoms with Crippen LogP contribution in [-0.2, 0) is 6.54 Å². The van der Waals surface area contributed by atoms with Crippen LogP contribution >= 0.6 is 0 Å². The fourth-order valence-electron chi connectivity index (χ4n) is 2.22. The van der Waals surface area contributed by atoms with Gasteiger partial charge in [-0.15, -0.1) is 0 Å². The predicted molar refractivity (Wildman–Crippen MR) is 84.5 cm³/mol. The lowest BCUT2D eigenvalue weighted by molar-refractivity contribution is 0.354. The van der Waals surface area contributed by atoms with Crippen LogP contribution in [-0.4, -0.2) is 20.3 Å². The predicted octanol–water partition coefficient (Wildman–Crippen LogP) is 4.01. The second kappa shape index (κ2) is 8.85. The third kappa shape index (κ3) is 5.83. The molecule has 0 radical (unpaired) electrons. The van der Waals surface area contributed by atoms with E-state index in [4.69, 9.17) is 9.47 Å². The minimum atomic E-state index is 0.543. The molecule has 3 nitrogen and oxygen atoms in total. The Balaban J connectivity index is 2.41. The number of hydrogen-bond acceptors (Lipinski definition) is 3. The second-order valence-electron chi connectivity index (χ2n) is 5.80. The number of ether oxygens (including phenoxy) is 2. The van der Waals surface area contributed by atoms with Gasteiger partial charge in [-0.05, 0) is 37.0 Å². The quantitative estimate of drug-likeness (QED) is 0.741. The molecule has 1 atom stereocenters. The largest absolute Gasteiger partial charge is 0.493 e. The summed E-state index contributed by atoms with van der Waals surface area (Å²) in [5.74, 6) is 2.37. The number of nitrogens with one attached hydrogen (secondary N) is 1. The van der Waals surface area contributed by atoms with Crippen molar-refractivity contribution in [2.75, 3.05) is 14.2 Å². The van der Waals surface area contributed by atoms with Crippen molar-refractivity contribution < 1.29 is 9.47 Å². The SMILES string of the molecule is COc1ccc(CNC(C)CCCC(C)C)cc1OC. The Morgan fingerprint density at radius 2 is 1.70 bits per heavy atom. The maximum absolute atomic E-state index is 5.32. The molecule has 0 aliphatic carbocycles. The van der Waals surface area contributed by atoms with Crippen LogP contribution < -0.4 is 14.8 Å². The topological polar surface area (TPSA) is 30.5 Å². The molecule has 0 aliphatic heterocycles. The van der Waals surface area contributed by atoms with Gasteiger partial charge in [0.05, 0.1) is 14.2 Å². The molecule has 0 amide bonds. The van der Waals surface area contributed by atoms with E-state index in [0.717, 1.165) is 24.0 Å². The Morgan fingerprint density at radius 3 is 2.30 bits per heavy atom. The van der Waals surface area contributed by atoms with Crippen LogP contribution in [0.15, 0.2) is 18.2 Å². The minimum absolute atomic E-state index is 0.543. The Labute approximate surface area is 123 Å². The molecule has 0 fully saturated rings. The van der Waals surface area contributed by atoms with E-state index in [1.165, 1.54) is 24.8 Å². The van der Waals surface area contributed by atoms with Gasteiger partial charge in [-0.2, -0.15) is 0 Å². The summed E-state index contributed by atoms with van der Waals surface area (Å²) in [6, 6.07) is 6.61. The summed E-state index contributed by atoms with van der Waals surface area (Å²) in [5.41, 5.74) is 1.22. The molecule has 0 spiro atoms. The molecule has 0 saturated heterocycles. The van der Waals surface area contributed by atoms with Crippen molar-refractivity contribution in [3.63, 3.8) is 0 Å². The van der Waals surface area contributed by atoms with Crippen LogP contribution in [0, 0.1) is 5.92 Å². The van der Waals surface area contributed by atoms with E-state index in [9.17, 15) is 0 Å². The Morgan fingerprint density at radius 1 is 1.00 bits per heavy atom. The van der Waals surface area contributed by atoms with E-state index in [1.807, 2.05) is 12.1 Å². The highest BCUT2D eigenvalue weighted by Crippen LogP contribution is 2.27. The second-order valence-corrected chi connectivity index (χ2v) is 5.80. The summed E-state index contributed by atoms with van der Waals surface area (Å²) in [6.45, 7) is 7.67. The average Bonchev–Trinajstić information content (AvgIpc) is 2.44. The molecule has 0 saturated carbocycles. The highest BCUT2D eigenvalue weighted by Gasteiger charge is 2.06. The van der Waals surface area contributed by atoms with E-state index >= 15 is 0 Å². The molecule has 114 valence electrons. The molecule has 1 aromatic rings. The van der Waals surface area contributed by atoms with Crippen LogP contribution in [0.3, 0.4) is 0 Å². The molecule has 1 unspecified atom stereocenters. The van der Waals surface area contributed by atoms with Gasteiger partial charge in [-0.1, -0.05) is 32.8 Å². The van der Waals surface area contributed by atoms with Crippen LogP contribution in [0.25, 0.3) is 0 Å². The first-order valence-corrected chi connectivity index (χ1v) is 7.51. The van der Waals surface area contributed by atoms with Crippen LogP contribution in [0.5, 0.6) is 11.5 Å². The van der Waals surface area contributed by atoms with Gasteiger partial charge in [-0.25, -0.2) is 0 Å². The fourth-order valence-corrected chi connectivity index (χ4v) is 2.22. The van der Waals surface area contributed by atoms with E-state index in [-0.39, 0.29) is 0 Å². The van der Waals surface area contributed by atoms with Crippen LogP contribution in [0.1, 0.15) is 45.6 Å². The zero-order chi connectivity index (χ0) is 15.0. The smallest absolute Gasteiger partial charge is 0.161 e. The Kier molecular flexibility index (Phi) is 7.45. The molecular formula is C17H29NO2. The molecule has 0 aliphatic rings. The fraction of sp³-hybridized carbons (Fsp3) is 0.647. The highest BCUT2D eigenvalue weighted by atomic mass is 16.5. The van der Waals surface area contributed by atoms with Crippen molar-refractivity contribution in [1.29, 1.82) is 0 Å². The van der Waals surface area contributed by atoms with Gasteiger partial charge in [0.25, 0.3) is 0 Å². The maximum atomic E-state index is 5.32. The van der Waals surface area contributed by atoms with Gasteiger partial charge in [0.1, 0.15) is 0 Å². The average molecular weight is 279 g/mol. The number of hydrogen-bond donors (Lipinski definition) is 1. The summed E-state index contributed by atoms with van der Waals surface area (Å²) in [7, 11) is 3.33. The molecular weight excluding hydrogens is 250 g/mol. The first kappa shape index (κ1) is 16.8. The van der Waals surface area contributed by atoms with Crippen molar-refractivity contribution in [3.05, 3.63) is 23.8 Å². The zero-order valence-electron chi connectivity index (χ0n) is 13.5. The summed E-state index contributed by atoms with van der Waals surface area (Å²) >= 11 is 0. The summed E-state index contributed by atoms with van der Waals surface area (Å²) in [5, 5.41) is 3.57. The van der Waals surface area contributed by atoms with Crippen LogP contribution in [0.2, 0.25) is 0 Å². The van der Waals surface area contributed by atoms with E-state index in [0.29, 0.717) is 6.04 Å². The standard InChI is InChI=1S/C17H29NO2/c1-13(2)7-6-8-14(3)18-12-15-9-10-16(19-4)17(11-15)20-5/h9-11,13-14,18H,6-8,12H2,1-5H3. The number of benzene rings is 1. The molecule has 3 heteroatoms. The number of rotatable bonds is 9. The molecule has 1 aromatic carbocycles. The van der Waals surface area contributed by atoms with Gasteiger partial charge in [-0.3, -0.25) is 0 Å². The van der Waals surface area contributed by atoms with Crippen molar-refractivity contribution >= 4 is 0 Å². The third-order valence-corrected chi connectivity index (χ3v) is 3.52. The van der Waals surface area contributed by atoms with Gasteiger partial charge in [0.2, 0.25) is 0 Å². The molecule has 0 heterocycles. The molecule has 0 aromatic heterocycles. The summed E-state index contributed by atoms with van der Waals surface area (Å²) < 4.78 is 10.6. The van der Waals surface area contributed by atoms with E-state index in [1.54, 1.807) is 14.2 Å². The lowest BCUT2D eigenvalue weighted by atomic mass is 10.0. The lowest BCUT2D eigenvalue weighted by Crippen LogP contribution is -2.25. The Bertz CT molecular complexity index is 391. The molecule has 20 heavy (non-hydrogen) atoms. The lowest BCUT2D eigenvalue weighted by Gasteiger charge is -2.15.